The van der Waals surface area contributed by atoms with Gasteiger partial charge in [0.2, 0.25) is 5.91 Å². The lowest BCUT2D eigenvalue weighted by molar-refractivity contribution is -0.136. The number of ether oxygens (including phenoxy) is 1. The van der Waals surface area contributed by atoms with Gasteiger partial charge in [0, 0.05) is 26.1 Å². The molecule has 0 N–H and O–H groups in total. The van der Waals surface area contributed by atoms with Gasteiger partial charge in [0.05, 0.1) is 5.60 Å². The van der Waals surface area contributed by atoms with E-state index < -0.39 is 0 Å². The Morgan fingerprint density at radius 3 is 2.82 bits per heavy atom. The van der Waals surface area contributed by atoms with Crippen LogP contribution in [0.4, 0.5) is 0 Å². The summed E-state index contributed by atoms with van der Waals surface area (Å²) in [6.07, 6.45) is 7.37. The molecule has 3 nitrogen and oxygen atoms in total. The zero-order valence-electron chi connectivity index (χ0n) is 13.2. The molecular formula is C19H25NO2. The van der Waals surface area contributed by atoms with E-state index in [0.717, 1.165) is 45.4 Å². The van der Waals surface area contributed by atoms with Gasteiger partial charge in [0.25, 0.3) is 0 Å². The van der Waals surface area contributed by atoms with Crippen molar-refractivity contribution in [2.45, 2.75) is 56.5 Å². The van der Waals surface area contributed by atoms with Crippen LogP contribution < -0.4 is 0 Å². The van der Waals surface area contributed by atoms with Crippen molar-refractivity contribution in [3.8, 4) is 0 Å². The summed E-state index contributed by atoms with van der Waals surface area (Å²) >= 11 is 0. The van der Waals surface area contributed by atoms with Crippen LogP contribution in [0.3, 0.4) is 0 Å². The molecule has 2 aliphatic heterocycles. The quantitative estimate of drug-likeness (QED) is 0.839. The van der Waals surface area contributed by atoms with Gasteiger partial charge in [0.15, 0.2) is 0 Å². The molecule has 1 aromatic carbocycles. The second-order valence-corrected chi connectivity index (χ2v) is 7.15. The molecule has 1 spiro atoms. The van der Waals surface area contributed by atoms with Gasteiger partial charge in [0.1, 0.15) is 0 Å². The van der Waals surface area contributed by atoms with E-state index in [-0.39, 0.29) is 5.60 Å². The predicted molar refractivity (Wildman–Crippen MR) is 85.9 cm³/mol. The summed E-state index contributed by atoms with van der Waals surface area (Å²) in [5, 5.41) is 0. The molecule has 2 heterocycles. The minimum atomic E-state index is 0.108. The SMILES string of the molecule is O=C(C[C@@H]1CCc2ccccc21)N1CCC2(CCCO2)CC1. The van der Waals surface area contributed by atoms with Crippen LogP contribution in [0.25, 0.3) is 0 Å². The summed E-state index contributed by atoms with van der Waals surface area (Å²) < 4.78 is 5.95. The van der Waals surface area contributed by atoms with Crippen LogP contribution in [-0.4, -0.2) is 36.1 Å². The molecule has 3 aliphatic rings. The Kier molecular flexibility index (Phi) is 3.69. The van der Waals surface area contributed by atoms with E-state index >= 15 is 0 Å². The molecule has 1 aliphatic carbocycles. The highest BCUT2D eigenvalue weighted by molar-refractivity contribution is 5.77. The standard InChI is InChI=1S/C19H25NO2/c21-18(14-16-7-6-15-4-1-2-5-17(15)16)20-11-9-19(10-12-20)8-3-13-22-19/h1-2,4-5,16H,3,6-14H2/t16-/m0/s1. The fourth-order valence-electron chi connectivity index (χ4n) is 4.51. The van der Waals surface area contributed by atoms with Crippen LogP contribution >= 0.6 is 0 Å². The maximum absolute atomic E-state index is 12.7. The smallest absolute Gasteiger partial charge is 0.223 e. The first-order valence-electron chi connectivity index (χ1n) is 8.75. The number of likely N-dealkylation sites (tertiary alicyclic amines) is 1. The molecule has 2 saturated heterocycles. The minimum absolute atomic E-state index is 0.108. The number of benzene rings is 1. The third-order valence-corrected chi connectivity index (χ3v) is 5.89. The summed E-state index contributed by atoms with van der Waals surface area (Å²) in [6, 6.07) is 8.62. The number of amides is 1. The molecule has 2 fully saturated rings. The Morgan fingerprint density at radius 2 is 2.05 bits per heavy atom. The van der Waals surface area contributed by atoms with Gasteiger partial charge in [-0.15, -0.1) is 0 Å². The van der Waals surface area contributed by atoms with Crippen LogP contribution in [0, 0.1) is 0 Å². The van der Waals surface area contributed by atoms with Gasteiger partial charge >= 0.3 is 0 Å². The Hall–Kier alpha value is -1.35. The predicted octanol–water partition coefficient (Wildman–Crippen LogP) is 3.28. The Bertz CT molecular complexity index is 552. The van der Waals surface area contributed by atoms with Gasteiger partial charge in [-0.25, -0.2) is 0 Å². The second kappa shape index (κ2) is 5.69. The average molecular weight is 299 g/mol. The second-order valence-electron chi connectivity index (χ2n) is 7.15. The number of nitrogens with zero attached hydrogens (tertiary/aromatic N) is 1. The molecule has 22 heavy (non-hydrogen) atoms. The molecule has 0 aromatic heterocycles. The number of fused-ring (bicyclic) bond motifs is 1. The lowest BCUT2D eigenvalue weighted by Crippen LogP contribution is -2.46. The van der Waals surface area contributed by atoms with Crippen molar-refractivity contribution >= 4 is 5.91 Å². The van der Waals surface area contributed by atoms with E-state index in [4.69, 9.17) is 4.74 Å². The van der Waals surface area contributed by atoms with Crippen molar-refractivity contribution in [1.82, 2.24) is 4.90 Å². The molecule has 0 unspecified atom stereocenters. The fraction of sp³-hybridized carbons (Fsp3) is 0.632. The molecule has 0 saturated carbocycles. The Balaban J connectivity index is 1.36. The van der Waals surface area contributed by atoms with Crippen LogP contribution in [0.5, 0.6) is 0 Å². The molecule has 0 radical (unpaired) electrons. The highest BCUT2D eigenvalue weighted by atomic mass is 16.5. The largest absolute Gasteiger partial charge is 0.375 e. The van der Waals surface area contributed by atoms with Gasteiger partial charge < -0.3 is 9.64 Å². The maximum Gasteiger partial charge on any atom is 0.223 e. The first-order valence-corrected chi connectivity index (χ1v) is 8.75. The number of rotatable bonds is 2. The summed E-state index contributed by atoms with van der Waals surface area (Å²) in [7, 11) is 0. The number of carbonyl (C=O) groups excluding carboxylic acids is 1. The van der Waals surface area contributed by atoms with E-state index in [1.165, 1.54) is 24.0 Å². The van der Waals surface area contributed by atoms with E-state index in [1.54, 1.807) is 0 Å². The number of hydrogen-bond acceptors (Lipinski definition) is 2. The van der Waals surface area contributed by atoms with Crippen LogP contribution in [-0.2, 0) is 16.0 Å². The zero-order valence-corrected chi connectivity index (χ0v) is 13.2. The molecular weight excluding hydrogens is 274 g/mol. The molecule has 0 bridgehead atoms. The molecule has 1 amide bonds. The molecule has 118 valence electrons. The number of hydrogen-bond donors (Lipinski definition) is 0. The van der Waals surface area contributed by atoms with Gasteiger partial charge in [-0.3, -0.25) is 4.79 Å². The third kappa shape index (κ3) is 2.56. The van der Waals surface area contributed by atoms with Crippen LogP contribution in [0.15, 0.2) is 24.3 Å². The normalized spacial score (nSPS) is 26.4. The number of carbonyl (C=O) groups is 1. The molecule has 4 rings (SSSR count). The summed E-state index contributed by atoms with van der Waals surface area (Å²) in [6.45, 7) is 2.67. The first-order chi connectivity index (χ1) is 10.8. The van der Waals surface area contributed by atoms with Gasteiger partial charge in [-0.05, 0) is 55.6 Å². The lowest BCUT2D eigenvalue weighted by atomic mass is 9.88. The maximum atomic E-state index is 12.7. The Morgan fingerprint density at radius 1 is 1.23 bits per heavy atom. The lowest BCUT2D eigenvalue weighted by Gasteiger charge is -2.39. The number of aryl methyl sites for hydroxylation is 1. The van der Waals surface area contributed by atoms with Gasteiger partial charge in [-0.2, -0.15) is 0 Å². The van der Waals surface area contributed by atoms with E-state index in [1.807, 2.05) is 0 Å². The van der Waals surface area contributed by atoms with Gasteiger partial charge in [-0.1, -0.05) is 24.3 Å². The molecule has 1 aromatic rings. The molecule has 1 atom stereocenters. The monoisotopic (exact) mass is 299 g/mol. The zero-order chi connectivity index (χ0) is 15.0. The highest BCUT2D eigenvalue weighted by Gasteiger charge is 2.39. The van der Waals surface area contributed by atoms with Crippen molar-refractivity contribution < 1.29 is 9.53 Å². The minimum Gasteiger partial charge on any atom is -0.375 e. The average Bonchev–Trinajstić information content (AvgIpc) is 3.16. The van der Waals surface area contributed by atoms with Crippen molar-refractivity contribution in [2.75, 3.05) is 19.7 Å². The fourth-order valence-corrected chi connectivity index (χ4v) is 4.51. The molecule has 3 heteroatoms. The summed E-state index contributed by atoms with van der Waals surface area (Å²) in [5.74, 6) is 0.775. The van der Waals surface area contributed by atoms with E-state index in [9.17, 15) is 4.79 Å². The third-order valence-electron chi connectivity index (χ3n) is 5.89. The van der Waals surface area contributed by atoms with Crippen molar-refractivity contribution in [1.29, 1.82) is 0 Å². The number of piperidine rings is 1. The van der Waals surface area contributed by atoms with E-state index in [0.29, 0.717) is 18.2 Å². The Labute approximate surface area is 132 Å². The summed E-state index contributed by atoms with van der Waals surface area (Å²) in [5.41, 5.74) is 2.96. The van der Waals surface area contributed by atoms with E-state index in [2.05, 4.69) is 29.2 Å². The van der Waals surface area contributed by atoms with Crippen LogP contribution in [0.1, 0.15) is 55.6 Å². The van der Waals surface area contributed by atoms with Crippen molar-refractivity contribution in [2.24, 2.45) is 0 Å². The topological polar surface area (TPSA) is 29.5 Å². The highest BCUT2D eigenvalue weighted by Crippen LogP contribution is 2.38. The van der Waals surface area contributed by atoms with Crippen LogP contribution in [0.2, 0.25) is 0 Å². The van der Waals surface area contributed by atoms with Crippen molar-refractivity contribution in [3.05, 3.63) is 35.4 Å². The summed E-state index contributed by atoms with van der Waals surface area (Å²) in [4.78, 5) is 14.7. The van der Waals surface area contributed by atoms with Crippen molar-refractivity contribution in [3.63, 3.8) is 0 Å². The first kappa shape index (κ1) is 14.3.